The van der Waals surface area contributed by atoms with E-state index >= 15 is 0 Å². The van der Waals surface area contributed by atoms with Crippen LogP contribution < -0.4 is 0 Å². The molecule has 0 N–H and O–H groups in total. The fourth-order valence-corrected chi connectivity index (χ4v) is 5.35. The zero-order valence-electron chi connectivity index (χ0n) is 30.0. The second-order valence-electron chi connectivity index (χ2n) is 13.3. The molecule has 0 aliphatic heterocycles. The van der Waals surface area contributed by atoms with E-state index in [1.807, 2.05) is 14.2 Å². The van der Waals surface area contributed by atoms with E-state index in [1.165, 1.54) is 33.4 Å². The van der Waals surface area contributed by atoms with Crippen molar-refractivity contribution < 1.29 is 9.47 Å². The predicted octanol–water partition coefficient (Wildman–Crippen LogP) is 12.1. The van der Waals surface area contributed by atoms with Gasteiger partial charge < -0.3 is 9.47 Å². The van der Waals surface area contributed by atoms with Crippen molar-refractivity contribution in [3.05, 3.63) is 131 Å². The molecule has 242 valence electrons. The third kappa shape index (κ3) is 15.2. The Bertz CT molecular complexity index is 1230. The molecule has 0 spiro atoms. The molecule has 0 amide bonds. The minimum absolute atomic E-state index is 0.156. The highest BCUT2D eigenvalue weighted by atomic mass is 16.5. The highest BCUT2D eigenvalue weighted by molar-refractivity contribution is 5.32. The first-order chi connectivity index (χ1) is 20.7. The van der Waals surface area contributed by atoms with Gasteiger partial charge in [-0.25, -0.2) is 0 Å². The summed E-state index contributed by atoms with van der Waals surface area (Å²) < 4.78 is 11.8. The predicted molar refractivity (Wildman–Crippen MR) is 196 cm³/mol. The van der Waals surface area contributed by atoms with Crippen molar-refractivity contribution in [1.29, 1.82) is 0 Å². The van der Waals surface area contributed by atoms with E-state index in [-0.39, 0.29) is 11.2 Å². The first-order valence-corrected chi connectivity index (χ1v) is 16.2. The zero-order valence-corrected chi connectivity index (χ0v) is 30.0. The van der Waals surface area contributed by atoms with Gasteiger partial charge in [-0.3, -0.25) is 0 Å². The Morgan fingerprint density at radius 3 is 1.66 bits per heavy atom. The Hall–Kier alpha value is -2.94. The third-order valence-electron chi connectivity index (χ3n) is 8.64. The summed E-state index contributed by atoms with van der Waals surface area (Å²) in [5.74, 6) is 0.730. The lowest BCUT2D eigenvalue weighted by atomic mass is 9.78. The first-order valence-electron chi connectivity index (χ1n) is 16.2. The van der Waals surface area contributed by atoms with Crippen molar-refractivity contribution in [2.45, 2.75) is 106 Å². The highest BCUT2D eigenvalue weighted by Crippen LogP contribution is 2.48. The fourth-order valence-electron chi connectivity index (χ4n) is 5.35. The summed E-state index contributed by atoms with van der Waals surface area (Å²) in [6.45, 7) is 21.6. The Morgan fingerprint density at radius 1 is 0.705 bits per heavy atom. The van der Waals surface area contributed by atoms with Gasteiger partial charge in [-0.2, -0.15) is 0 Å². The molecule has 1 aliphatic carbocycles. The van der Waals surface area contributed by atoms with Gasteiger partial charge in [-0.15, -0.1) is 0 Å². The van der Waals surface area contributed by atoms with Gasteiger partial charge in [0.05, 0.1) is 11.2 Å². The lowest BCUT2D eigenvalue weighted by Gasteiger charge is -2.38. The average Bonchev–Trinajstić information content (AvgIpc) is 3.31. The van der Waals surface area contributed by atoms with Gasteiger partial charge in [-0.1, -0.05) is 131 Å². The maximum atomic E-state index is 5.98. The van der Waals surface area contributed by atoms with Crippen molar-refractivity contribution in [1.82, 2.24) is 0 Å². The van der Waals surface area contributed by atoms with E-state index in [4.69, 9.17) is 9.47 Å². The summed E-state index contributed by atoms with van der Waals surface area (Å²) in [4.78, 5) is 0. The van der Waals surface area contributed by atoms with Gasteiger partial charge in [0.2, 0.25) is 0 Å². The summed E-state index contributed by atoms with van der Waals surface area (Å²) in [7, 11) is 3.64. The molecule has 0 aromatic carbocycles. The van der Waals surface area contributed by atoms with Crippen molar-refractivity contribution in [3.8, 4) is 0 Å². The summed E-state index contributed by atoms with van der Waals surface area (Å²) in [5, 5.41) is 0. The molecule has 0 bridgehead atoms. The molecule has 0 heterocycles. The lowest BCUT2D eigenvalue weighted by Crippen LogP contribution is -2.41. The summed E-state index contributed by atoms with van der Waals surface area (Å²) in [6, 6.07) is 0. The second-order valence-corrected chi connectivity index (χ2v) is 13.3. The van der Waals surface area contributed by atoms with Crippen molar-refractivity contribution in [2.24, 2.45) is 11.8 Å². The van der Waals surface area contributed by atoms with E-state index in [0.717, 1.165) is 25.7 Å². The van der Waals surface area contributed by atoms with Crippen LogP contribution in [0.2, 0.25) is 0 Å². The second kappa shape index (κ2) is 20.2. The number of ether oxygens (including phenoxy) is 2. The lowest BCUT2D eigenvalue weighted by molar-refractivity contribution is -0.0684. The molecular weight excluding hydrogens is 536 g/mol. The van der Waals surface area contributed by atoms with Gasteiger partial charge in [0.1, 0.15) is 0 Å². The van der Waals surface area contributed by atoms with Crippen LogP contribution >= 0.6 is 0 Å². The van der Waals surface area contributed by atoms with E-state index in [9.17, 15) is 0 Å². The molecule has 0 aromatic rings. The molecule has 0 saturated heterocycles. The van der Waals surface area contributed by atoms with Crippen LogP contribution in [0.4, 0.5) is 0 Å². The molecule has 2 nitrogen and oxygen atoms in total. The van der Waals surface area contributed by atoms with Crippen LogP contribution in [-0.4, -0.2) is 25.4 Å². The normalized spacial score (nSPS) is 23.5. The van der Waals surface area contributed by atoms with Gasteiger partial charge >= 0.3 is 0 Å². The quantitative estimate of drug-likeness (QED) is 0.130. The van der Waals surface area contributed by atoms with Crippen molar-refractivity contribution in [2.75, 3.05) is 14.2 Å². The number of allylic oxidation sites excluding steroid dienone is 21. The molecule has 2 heteroatoms. The fraction of sp³-hybridized carbons (Fsp3) is 0.476. The molecule has 0 radical (unpaired) electrons. The Balaban J connectivity index is 2.67. The zero-order chi connectivity index (χ0) is 33.2. The Labute approximate surface area is 271 Å². The van der Waals surface area contributed by atoms with E-state index < -0.39 is 0 Å². The molecule has 1 fully saturated rings. The van der Waals surface area contributed by atoms with Gasteiger partial charge in [0, 0.05) is 20.1 Å². The molecule has 44 heavy (non-hydrogen) atoms. The van der Waals surface area contributed by atoms with Crippen LogP contribution in [0.3, 0.4) is 0 Å². The minimum Gasteiger partial charge on any atom is -0.379 e. The topological polar surface area (TPSA) is 18.5 Å². The van der Waals surface area contributed by atoms with Crippen LogP contribution in [-0.2, 0) is 9.47 Å². The number of rotatable bonds is 16. The molecule has 1 aliphatic rings. The SMILES string of the molecule is COC(C)(C)[C@H]1CC[C@](C)(OC)[C@@H]1/C=C/C(C)=C/C=C/C(C)=C/C=C/C=C(C)/C=C/C=C(C)/C=C/C=C(\C)CCC=C(C)C. The van der Waals surface area contributed by atoms with Crippen LogP contribution in [0.5, 0.6) is 0 Å². The van der Waals surface area contributed by atoms with Crippen LogP contribution in [0.15, 0.2) is 131 Å². The van der Waals surface area contributed by atoms with Gasteiger partial charge in [-0.05, 0) is 101 Å². The maximum Gasteiger partial charge on any atom is 0.0717 e. The number of hydrogen-bond donors (Lipinski definition) is 0. The molecule has 1 rings (SSSR count). The van der Waals surface area contributed by atoms with Crippen LogP contribution in [0, 0.1) is 11.8 Å². The smallest absolute Gasteiger partial charge is 0.0717 e. The van der Waals surface area contributed by atoms with Crippen LogP contribution in [0.25, 0.3) is 0 Å². The number of hydrogen-bond acceptors (Lipinski definition) is 2. The molecule has 3 atom stereocenters. The first kappa shape index (κ1) is 39.1. The Kier molecular flexibility index (Phi) is 17.9. The summed E-state index contributed by atoms with van der Waals surface area (Å²) >= 11 is 0. The van der Waals surface area contributed by atoms with Crippen LogP contribution in [0.1, 0.15) is 94.9 Å². The maximum absolute atomic E-state index is 5.98. The highest BCUT2D eigenvalue weighted by Gasteiger charge is 2.49. The minimum atomic E-state index is -0.183. The molecule has 0 unspecified atom stereocenters. The molecular formula is C42H62O2. The van der Waals surface area contributed by atoms with Crippen molar-refractivity contribution in [3.63, 3.8) is 0 Å². The molecule has 1 saturated carbocycles. The monoisotopic (exact) mass is 598 g/mol. The summed E-state index contributed by atoms with van der Waals surface area (Å²) in [6.07, 6.45) is 39.0. The van der Waals surface area contributed by atoms with E-state index in [2.05, 4.69) is 166 Å². The number of methoxy groups -OCH3 is 2. The van der Waals surface area contributed by atoms with E-state index in [1.54, 1.807) is 0 Å². The largest absolute Gasteiger partial charge is 0.379 e. The van der Waals surface area contributed by atoms with Crippen molar-refractivity contribution >= 4 is 0 Å². The average molecular weight is 599 g/mol. The third-order valence-corrected chi connectivity index (χ3v) is 8.64. The Morgan fingerprint density at radius 2 is 1.18 bits per heavy atom. The van der Waals surface area contributed by atoms with E-state index in [0.29, 0.717) is 11.8 Å². The summed E-state index contributed by atoms with van der Waals surface area (Å²) in [5.41, 5.74) is 7.31. The van der Waals surface area contributed by atoms with Gasteiger partial charge in [0.25, 0.3) is 0 Å². The van der Waals surface area contributed by atoms with Gasteiger partial charge in [0.15, 0.2) is 0 Å². The standard InChI is InChI=1S/C42H62O2/c1-33(2)19-15-22-36(5)25-17-27-37(6)26-16-23-34(3)20-13-14-21-35(4)24-18-28-38(7)29-30-40-39(41(8,9)43-11)31-32-42(40,10)44-12/h13-14,16-21,23-30,39-40H,15,22,31-32H2,1-12H3/b14-13+,23-16+,24-18+,27-17+,30-29+,34-20+,35-21+,36-25+,37-26+,38-28+/t39-,40+,42-/m0/s1. The molecule has 0 aromatic heterocycles.